The summed E-state index contributed by atoms with van der Waals surface area (Å²) >= 11 is 6.60. The quantitative estimate of drug-likeness (QED) is 0.674. The van der Waals surface area contributed by atoms with E-state index < -0.39 is 6.10 Å². The molecular weight excluding hydrogens is 416 g/mol. The van der Waals surface area contributed by atoms with Crippen LogP contribution in [0.3, 0.4) is 0 Å². The minimum Gasteiger partial charge on any atom is -0.471 e. The molecule has 2 aliphatic rings. The number of pyridine rings is 1. The molecule has 7 nitrogen and oxygen atoms in total. The second-order valence-electron chi connectivity index (χ2n) is 8.12. The van der Waals surface area contributed by atoms with Gasteiger partial charge in [-0.05, 0) is 67.5 Å². The lowest BCUT2D eigenvalue weighted by Crippen LogP contribution is -2.48. The molecule has 1 aliphatic heterocycles. The molecular formula is C23H23ClN4O3. The number of ether oxygens (including phenoxy) is 1. The standard InChI is InChI=1S/C23H23ClN4O3/c1-14-16(10-15-6-7-20(25-12-15)28-9-3-8-26-28)11-17-22(21(14)24)31-13-27(23(17)30)18-4-2-5-19(18)29/h3,6-9,11-12,18-19,29H,2,4-5,10,13H2,1H3/t18-,19-/m1/s1. The molecule has 3 heterocycles. The second kappa shape index (κ2) is 7.98. The molecule has 1 aromatic carbocycles. The number of aliphatic hydroxyl groups excluding tert-OH is 1. The summed E-state index contributed by atoms with van der Waals surface area (Å²) in [6, 6.07) is 7.42. The van der Waals surface area contributed by atoms with E-state index in [0.717, 1.165) is 35.3 Å². The predicted molar refractivity (Wildman–Crippen MR) is 116 cm³/mol. The highest BCUT2D eigenvalue weighted by molar-refractivity contribution is 6.33. The summed E-state index contributed by atoms with van der Waals surface area (Å²) in [5.74, 6) is 1.04. The molecule has 0 saturated heterocycles. The zero-order valence-electron chi connectivity index (χ0n) is 17.2. The number of fused-ring (bicyclic) bond motifs is 1. The molecule has 31 heavy (non-hydrogen) atoms. The van der Waals surface area contributed by atoms with Crippen LogP contribution in [0.2, 0.25) is 5.02 Å². The van der Waals surface area contributed by atoms with Crippen molar-refractivity contribution in [2.75, 3.05) is 6.73 Å². The Hall–Kier alpha value is -2.90. The van der Waals surface area contributed by atoms with E-state index in [1.807, 2.05) is 43.6 Å². The van der Waals surface area contributed by atoms with Crippen LogP contribution in [0.4, 0.5) is 0 Å². The molecule has 0 unspecified atom stereocenters. The topological polar surface area (TPSA) is 80.5 Å². The van der Waals surface area contributed by atoms with E-state index in [4.69, 9.17) is 16.3 Å². The van der Waals surface area contributed by atoms with Gasteiger partial charge in [0.25, 0.3) is 5.91 Å². The first-order chi connectivity index (χ1) is 15.0. The molecule has 1 amide bonds. The Labute approximate surface area is 185 Å². The summed E-state index contributed by atoms with van der Waals surface area (Å²) in [5.41, 5.74) is 3.29. The van der Waals surface area contributed by atoms with E-state index in [9.17, 15) is 9.90 Å². The van der Waals surface area contributed by atoms with Crippen LogP contribution in [0, 0.1) is 6.92 Å². The van der Waals surface area contributed by atoms with Gasteiger partial charge in [-0.1, -0.05) is 17.7 Å². The van der Waals surface area contributed by atoms with Gasteiger partial charge in [0.1, 0.15) is 0 Å². The number of aromatic nitrogens is 3. The van der Waals surface area contributed by atoms with Crippen LogP contribution in [0.5, 0.6) is 5.75 Å². The number of amides is 1. The molecule has 160 valence electrons. The molecule has 1 fully saturated rings. The van der Waals surface area contributed by atoms with Crippen molar-refractivity contribution in [1.29, 1.82) is 0 Å². The first-order valence-corrected chi connectivity index (χ1v) is 10.8. The summed E-state index contributed by atoms with van der Waals surface area (Å²) < 4.78 is 7.58. The second-order valence-corrected chi connectivity index (χ2v) is 8.50. The van der Waals surface area contributed by atoms with Crippen molar-refractivity contribution >= 4 is 17.5 Å². The third-order valence-corrected chi connectivity index (χ3v) is 6.65. The largest absolute Gasteiger partial charge is 0.471 e. The zero-order valence-corrected chi connectivity index (χ0v) is 17.9. The minimum absolute atomic E-state index is 0.116. The molecule has 1 saturated carbocycles. The molecule has 0 radical (unpaired) electrons. The summed E-state index contributed by atoms with van der Waals surface area (Å²) in [6.07, 6.45) is 7.84. The molecule has 8 heteroatoms. The lowest BCUT2D eigenvalue weighted by molar-refractivity contribution is 0.0127. The number of benzene rings is 1. The van der Waals surface area contributed by atoms with Crippen LogP contribution in [0.15, 0.2) is 42.9 Å². The highest BCUT2D eigenvalue weighted by Crippen LogP contribution is 2.39. The molecule has 5 rings (SSSR count). The monoisotopic (exact) mass is 438 g/mol. The number of hydrogen-bond acceptors (Lipinski definition) is 5. The number of nitrogens with zero attached hydrogens (tertiary/aromatic N) is 4. The Bertz CT molecular complexity index is 1110. The van der Waals surface area contributed by atoms with Gasteiger partial charge in [0, 0.05) is 18.6 Å². The normalized spacial score (nSPS) is 20.6. The van der Waals surface area contributed by atoms with Crippen molar-refractivity contribution < 1.29 is 14.6 Å². The number of carbonyl (C=O) groups excluding carboxylic acids is 1. The lowest BCUT2D eigenvalue weighted by atomic mass is 9.96. The molecule has 1 aliphatic carbocycles. The Kier molecular flexibility index (Phi) is 5.16. The fourth-order valence-corrected chi connectivity index (χ4v) is 4.70. The smallest absolute Gasteiger partial charge is 0.260 e. The summed E-state index contributed by atoms with van der Waals surface area (Å²) in [4.78, 5) is 19.4. The third kappa shape index (κ3) is 3.58. The van der Waals surface area contributed by atoms with Crippen molar-refractivity contribution in [2.45, 2.75) is 44.8 Å². The highest BCUT2D eigenvalue weighted by Gasteiger charge is 2.38. The summed E-state index contributed by atoms with van der Waals surface area (Å²) in [5, 5.41) is 14.9. The molecule has 0 bridgehead atoms. The lowest BCUT2D eigenvalue weighted by Gasteiger charge is -2.35. The number of halogens is 1. The van der Waals surface area contributed by atoms with Crippen molar-refractivity contribution in [2.24, 2.45) is 0 Å². The van der Waals surface area contributed by atoms with Crippen LogP contribution in [-0.4, -0.2) is 49.6 Å². The maximum atomic E-state index is 13.2. The van der Waals surface area contributed by atoms with Crippen molar-refractivity contribution in [1.82, 2.24) is 19.7 Å². The van der Waals surface area contributed by atoms with E-state index in [-0.39, 0.29) is 18.7 Å². The van der Waals surface area contributed by atoms with Gasteiger partial charge in [0.2, 0.25) is 0 Å². The fraction of sp³-hybridized carbons (Fsp3) is 0.348. The summed E-state index contributed by atoms with van der Waals surface area (Å²) in [7, 11) is 0. The van der Waals surface area contributed by atoms with Crippen LogP contribution in [0.25, 0.3) is 5.82 Å². The number of aliphatic hydroxyl groups is 1. The van der Waals surface area contributed by atoms with E-state index in [0.29, 0.717) is 29.2 Å². The Morgan fingerprint density at radius 1 is 1.32 bits per heavy atom. The van der Waals surface area contributed by atoms with Gasteiger partial charge >= 0.3 is 0 Å². The minimum atomic E-state index is -0.506. The van der Waals surface area contributed by atoms with Gasteiger partial charge in [-0.2, -0.15) is 5.10 Å². The van der Waals surface area contributed by atoms with Crippen LogP contribution in [-0.2, 0) is 6.42 Å². The van der Waals surface area contributed by atoms with Gasteiger partial charge in [-0.3, -0.25) is 9.69 Å². The maximum Gasteiger partial charge on any atom is 0.260 e. The average Bonchev–Trinajstić information content (AvgIpc) is 3.45. The molecule has 0 spiro atoms. The Morgan fingerprint density at radius 3 is 2.87 bits per heavy atom. The van der Waals surface area contributed by atoms with Crippen LogP contribution >= 0.6 is 11.6 Å². The van der Waals surface area contributed by atoms with E-state index in [1.54, 1.807) is 15.8 Å². The third-order valence-electron chi connectivity index (χ3n) is 6.20. The van der Waals surface area contributed by atoms with E-state index in [1.165, 1.54) is 0 Å². The highest BCUT2D eigenvalue weighted by atomic mass is 35.5. The Balaban J connectivity index is 1.43. The SMILES string of the molecule is Cc1c(Cc2ccc(-n3cccn3)nc2)cc2c(c1Cl)OCN([C@@H]1CCC[C@H]1O)C2=O. The van der Waals surface area contributed by atoms with Gasteiger partial charge in [0.05, 0.1) is 22.7 Å². The number of hydrogen-bond donors (Lipinski definition) is 1. The zero-order chi connectivity index (χ0) is 21.5. The average molecular weight is 439 g/mol. The van der Waals surface area contributed by atoms with E-state index in [2.05, 4.69) is 10.1 Å². The fourth-order valence-electron chi connectivity index (χ4n) is 4.42. The van der Waals surface area contributed by atoms with Crippen molar-refractivity contribution in [3.8, 4) is 11.6 Å². The van der Waals surface area contributed by atoms with Crippen LogP contribution < -0.4 is 4.74 Å². The van der Waals surface area contributed by atoms with Gasteiger partial charge in [-0.25, -0.2) is 9.67 Å². The predicted octanol–water partition coefficient (Wildman–Crippen LogP) is 3.53. The number of rotatable bonds is 4. The summed E-state index contributed by atoms with van der Waals surface area (Å²) in [6.45, 7) is 2.05. The number of carbonyl (C=O) groups is 1. The van der Waals surface area contributed by atoms with Gasteiger partial charge in [0.15, 0.2) is 18.3 Å². The van der Waals surface area contributed by atoms with Gasteiger partial charge < -0.3 is 9.84 Å². The molecule has 2 atom stereocenters. The molecule has 1 N–H and O–H groups in total. The first kappa shape index (κ1) is 20.0. The van der Waals surface area contributed by atoms with Crippen molar-refractivity contribution in [3.05, 3.63) is 70.1 Å². The maximum absolute atomic E-state index is 13.2. The van der Waals surface area contributed by atoms with Crippen LogP contribution in [0.1, 0.15) is 46.3 Å². The van der Waals surface area contributed by atoms with Crippen molar-refractivity contribution in [3.63, 3.8) is 0 Å². The first-order valence-electron chi connectivity index (χ1n) is 10.4. The van der Waals surface area contributed by atoms with Gasteiger partial charge in [-0.15, -0.1) is 0 Å². The Morgan fingerprint density at radius 2 is 2.19 bits per heavy atom. The molecule has 3 aromatic rings. The molecule has 2 aromatic heterocycles. The van der Waals surface area contributed by atoms with E-state index >= 15 is 0 Å².